The molecule has 6 rings (SSSR count). The van der Waals surface area contributed by atoms with E-state index in [0.717, 1.165) is 33.6 Å². The van der Waals surface area contributed by atoms with Gasteiger partial charge in [-0.3, -0.25) is 24.5 Å². The average Bonchev–Trinajstić information content (AvgIpc) is 3.50. The van der Waals surface area contributed by atoms with E-state index in [2.05, 4.69) is 4.98 Å². The molecule has 13 heteroatoms. The predicted molar refractivity (Wildman–Crippen MR) is 159 cm³/mol. The highest BCUT2D eigenvalue weighted by molar-refractivity contribution is 8.00. The summed E-state index contributed by atoms with van der Waals surface area (Å²) in [6.07, 6.45) is 0. The first-order valence-electron chi connectivity index (χ1n) is 13.3. The van der Waals surface area contributed by atoms with Crippen molar-refractivity contribution in [2.24, 2.45) is 5.92 Å². The van der Waals surface area contributed by atoms with Crippen LogP contribution in [0.2, 0.25) is 0 Å². The number of aromatic nitrogens is 1. The third-order valence-corrected chi connectivity index (χ3v) is 9.64. The van der Waals surface area contributed by atoms with Crippen molar-refractivity contribution in [2.45, 2.75) is 29.7 Å². The number of hydrogen-bond acceptors (Lipinski definition) is 10. The highest BCUT2D eigenvalue weighted by atomic mass is 32.2. The molecular weight excluding hydrogens is 594 g/mol. The van der Waals surface area contributed by atoms with Crippen LogP contribution in [0, 0.1) is 16.0 Å². The van der Waals surface area contributed by atoms with Crippen molar-refractivity contribution in [3.8, 4) is 5.75 Å². The number of thioether (sulfide) groups is 1. The number of non-ortho nitro benzene ring substituents is 1. The molecule has 11 nitrogen and oxygen atoms in total. The number of nitrogens with one attached hydrogen (secondary N) is 1. The SMILES string of the molecule is CCOC(=O)c1ccc(N2C(=O)[C@H]3[C@H](c4cc([N+](=O)[O-])ccc4OCc4ccccc4)c4sc(=O)[nH]c4S[C@H]3C2=O)cc1. The fourth-order valence-corrected chi connectivity index (χ4v) is 7.83. The lowest BCUT2D eigenvalue weighted by Gasteiger charge is -2.30. The number of benzene rings is 3. The first-order chi connectivity index (χ1) is 20.8. The van der Waals surface area contributed by atoms with Gasteiger partial charge in [0, 0.05) is 28.5 Å². The Kier molecular flexibility index (Phi) is 7.59. The Morgan fingerprint density at radius 3 is 2.47 bits per heavy atom. The van der Waals surface area contributed by atoms with Crippen LogP contribution in [0.15, 0.2) is 82.6 Å². The van der Waals surface area contributed by atoms with Gasteiger partial charge in [-0.25, -0.2) is 9.69 Å². The van der Waals surface area contributed by atoms with Crippen LogP contribution in [0.4, 0.5) is 11.4 Å². The number of aromatic amines is 1. The van der Waals surface area contributed by atoms with E-state index in [1.54, 1.807) is 6.92 Å². The van der Waals surface area contributed by atoms with E-state index in [9.17, 15) is 29.3 Å². The largest absolute Gasteiger partial charge is 0.489 e. The Morgan fingerprint density at radius 1 is 1.02 bits per heavy atom. The summed E-state index contributed by atoms with van der Waals surface area (Å²) in [5.74, 6) is -3.11. The quantitative estimate of drug-likeness (QED) is 0.126. The van der Waals surface area contributed by atoms with E-state index in [1.165, 1.54) is 42.5 Å². The van der Waals surface area contributed by atoms with Crippen molar-refractivity contribution in [3.63, 3.8) is 0 Å². The van der Waals surface area contributed by atoms with Gasteiger partial charge in [-0.2, -0.15) is 0 Å². The third kappa shape index (κ3) is 5.21. The van der Waals surface area contributed by atoms with Gasteiger partial charge in [0.2, 0.25) is 11.8 Å². The average molecular weight is 618 g/mol. The molecule has 3 heterocycles. The zero-order chi connectivity index (χ0) is 30.2. The molecule has 3 atom stereocenters. The predicted octanol–water partition coefficient (Wildman–Crippen LogP) is 4.90. The van der Waals surface area contributed by atoms with E-state index >= 15 is 0 Å². The van der Waals surface area contributed by atoms with Crippen molar-refractivity contribution in [1.82, 2.24) is 4.98 Å². The summed E-state index contributed by atoms with van der Waals surface area (Å²) >= 11 is 1.99. The fourth-order valence-electron chi connectivity index (χ4n) is 5.33. The highest BCUT2D eigenvalue weighted by Gasteiger charge is 2.57. The van der Waals surface area contributed by atoms with Crippen LogP contribution in [0.3, 0.4) is 0 Å². The minimum Gasteiger partial charge on any atom is -0.489 e. The lowest BCUT2D eigenvalue weighted by atomic mass is 9.82. The summed E-state index contributed by atoms with van der Waals surface area (Å²) in [5.41, 5.74) is 1.52. The second-order valence-electron chi connectivity index (χ2n) is 9.78. The van der Waals surface area contributed by atoms with E-state index in [-0.39, 0.29) is 35.0 Å². The van der Waals surface area contributed by atoms with Crippen LogP contribution >= 0.6 is 23.1 Å². The number of nitro groups is 1. The van der Waals surface area contributed by atoms with Crippen LogP contribution in [0.25, 0.3) is 0 Å². The van der Waals surface area contributed by atoms with Crippen molar-refractivity contribution >= 4 is 52.3 Å². The Balaban J connectivity index is 1.43. The maximum absolute atomic E-state index is 14.1. The van der Waals surface area contributed by atoms with Gasteiger partial charge >= 0.3 is 10.8 Å². The molecule has 4 aromatic rings. The molecule has 2 amide bonds. The molecule has 0 spiro atoms. The summed E-state index contributed by atoms with van der Waals surface area (Å²) in [4.78, 5) is 67.8. The number of nitro benzene ring substituents is 1. The van der Waals surface area contributed by atoms with Gasteiger partial charge in [-0.05, 0) is 42.8 Å². The van der Waals surface area contributed by atoms with Gasteiger partial charge in [-0.15, -0.1) is 0 Å². The van der Waals surface area contributed by atoms with Gasteiger partial charge in [0.1, 0.15) is 17.6 Å². The topological polar surface area (TPSA) is 149 Å². The zero-order valence-corrected chi connectivity index (χ0v) is 24.2. The van der Waals surface area contributed by atoms with Crippen molar-refractivity contribution in [1.29, 1.82) is 0 Å². The lowest BCUT2D eigenvalue weighted by molar-refractivity contribution is -0.385. The molecule has 0 saturated carbocycles. The van der Waals surface area contributed by atoms with Gasteiger partial charge in [0.25, 0.3) is 5.69 Å². The molecule has 0 bridgehead atoms. The number of hydrogen-bond donors (Lipinski definition) is 1. The minimum atomic E-state index is -0.984. The highest BCUT2D eigenvalue weighted by Crippen LogP contribution is 2.55. The molecule has 0 aliphatic carbocycles. The number of fused-ring (bicyclic) bond motifs is 2. The number of nitrogens with zero attached hydrogens (tertiary/aromatic N) is 2. The second-order valence-corrected chi connectivity index (χ2v) is 11.9. The van der Waals surface area contributed by atoms with E-state index in [1.807, 2.05) is 30.3 Å². The number of imide groups is 1. The molecule has 218 valence electrons. The first-order valence-corrected chi connectivity index (χ1v) is 15.0. The van der Waals surface area contributed by atoms with Crippen molar-refractivity contribution in [3.05, 3.63) is 114 Å². The maximum Gasteiger partial charge on any atom is 0.338 e. The van der Waals surface area contributed by atoms with Crippen LogP contribution < -0.4 is 14.5 Å². The molecule has 0 unspecified atom stereocenters. The summed E-state index contributed by atoms with van der Waals surface area (Å²) in [5, 5.41) is 11.3. The molecule has 43 heavy (non-hydrogen) atoms. The second kappa shape index (κ2) is 11.5. The number of carbonyl (C=O) groups is 3. The summed E-state index contributed by atoms with van der Waals surface area (Å²) in [6, 6.07) is 19.4. The van der Waals surface area contributed by atoms with Crippen LogP contribution in [-0.4, -0.2) is 39.5 Å². The van der Waals surface area contributed by atoms with E-state index < -0.39 is 39.8 Å². The summed E-state index contributed by atoms with van der Waals surface area (Å²) < 4.78 is 11.2. The maximum atomic E-state index is 14.1. The number of rotatable bonds is 8. The minimum absolute atomic E-state index is 0.156. The molecule has 1 aromatic heterocycles. The molecule has 1 fully saturated rings. The molecule has 0 radical (unpaired) electrons. The van der Waals surface area contributed by atoms with E-state index in [0.29, 0.717) is 21.2 Å². The normalized spacial score (nSPS) is 19.1. The van der Waals surface area contributed by atoms with Crippen LogP contribution in [0.5, 0.6) is 5.75 Å². The van der Waals surface area contributed by atoms with Crippen molar-refractivity contribution < 1.29 is 28.8 Å². The third-order valence-electron chi connectivity index (χ3n) is 7.24. The number of anilines is 1. The lowest BCUT2D eigenvalue weighted by Crippen LogP contribution is -2.32. The molecular formula is C30H23N3O8S2. The Morgan fingerprint density at radius 2 is 1.77 bits per heavy atom. The van der Waals surface area contributed by atoms with Crippen LogP contribution in [0.1, 0.15) is 39.2 Å². The van der Waals surface area contributed by atoms with Crippen molar-refractivity contribution in [2.75, 3.05) is 11.5 Å². The van der Waals surface area contributed by atoms with Gasteiger partial charge < -0.3 is 14.5 Å². The standard InChI is InChI=1S/C30H23N3O8S2/c1-2-40-29(36)17-8-10-18(11-9-17)32-27(34)23-22(24-26(31-30(37)43-24)42-25(23)28(32)35)20-14-19(33(38)39)12-13-21(20)41-15-16-6-4-3-5-7-16/h3-14,22-23,25H,2,15H2,1H3,(H,31,37)/t22-,23-,25+/m0/s1. The number of ether oxygens (including phenoxy) is 2. The summed E-state index contributed by atoms with van der Waals surface area (Å²) in [7, 11) is 0. The smallest absolute Gasteiger partial charge is 0.338 e. The fraction of sp³-hybridized carbons (Fsp3) is 0.200. The molecule has 2 aliphatic rings. The Bertz CT molecular complexity index is 1800. The Labute approximate surface area is 252 Å². The number of esters is 1. The number of amides is 2. The van der Waals surface area contributed by atoms with E-state index in [4.69, 9.17) is 9.47 Å². The van der Waals surface area contributed by atoms with Gasteiger partial charge in [0.05, 0.1) is 33.7 Å². The number of H-pyrrole nitrogens is 1. The number of thiazole rings is 1. The van der Waals surface area contributed by atoms with Gasteiger partial charge in [-0.1, -0.05) is 53.4 Å². The van der Waals surface area contributed by atoms with Crippen LogP contribution in [-0.2, 0) is 20.9 Å². The molecule has 1 saturated heterocycles. The molecule has 2 aliphatic heterocycles. The van der Waals surface area contributed by atoms with Gasteiger partial charge in [0.15, 0.2) is 0 Å². The Hall–Kier alpha value is -4.75. The number of carbonyl (C=O) groups excluding carboxylic acids is 3. The zero-order valence-electron chi connectivity index (χ0n) is 22.6. The molecule has 3 aromatic carbocycles. The first kappa shape index (κ1) is 28.4. The summed E-state index contributed by atoms with van der Waals surface area (Å²) in [6.45, 7) is 2.05. The monoisotopic (exact) mass is 617 g/mol. The molecule has 1 N–H and O–H groups in total.